The minimum absolute atomic E-state index is 0.00406. The standard InChI is InChI=1S/C23H24N2O2/c1-27-22(26)15-13-17-12-14-21(20(24)16-17)25-23(18-8-4-2-5-9-18)19-10-6-3-7-11-19/h2-12,14,16,23,25H,13,15,24H2,1H3. The predicted octanol–water partition coefficient (Wildman–Crippen LogP) is 4.58. The molecule has 0 spiro atoms. The molecule has 4 nitrogen and oxygen atoms in total. The van der Waals surface area contributed by atoms with Crippen LogP contribution in [0.4, 0.5) is 11.4 Å². The molecular formula is C23H24N2O2. The van der Waals surface area contributed by atoms with Crippen molar-refractivity contribution in [1.29, 1.82) is 0 Å². The normalized spacial score (nSPS) is 10.6. The van der Waals surface area contributed by atoms with E-state index in [1.54, 1.807) is 0 Å². The Kier molecular flexibility index (Phi) is 6.10. The first-order chi connectivity index (χ1) is 13.2. The summed E-state index contributed by atoms with van der Waals surface area (Å²) in [6.07, 6.45) is 0.956. The molecule has 0 aromatic heterocycles. The summed E-state index contributed by atoms with van der Waals surface area (Å²) in [5.41, 5.74) is 11.2. The molecule has 0 unspecified atom stereocenters. The highest BCUT2D eigenvalue weighted by atomic mass is 16.5. The molecule has 0 aliphatic carbocycles. The first-order valence-electron chi connectivity index (χ1n) is 8.99. The van der Waals surface area contributed by atoms with Crippen LogP contribution in [-0.2, 0) is 16.0 Å². The molecule has 0 saturated carbocycles. The van der Waals surface area contributed by atoms with Crippen LogP contribution in [0.15, 0.2) is 78.9 Å². The summed E-state index contributed by atoms with van der Waals surface area (Å²) in [6.45, 7) is 0. The van der Waals surface area contributed by atoms with Crippen LogP contribution in [-0.4, -0.2) is 13.1 Å². The number of nitrogen functional groups attached to an aromatic ring is 1. The molecule has 0 aliphatic rings. The molecule has 0 aliphatic heterocycles. The zero-order valence-electron chi connectivity index (χ0n) is 15.4. The zero-order valence-corrected chi connectivity index (χ0v) is 15.4. The summed E-state index contributed by atoms with van der Waals surface area (Å²) in [7, 11) is 1.40. The molecule has 0 saturated heterocycles. The number of carbonyl (C=O) groups excluding carboxylic acids is 1. The van der Waals surface area contributed by atoms with Crippen LogP contribution in [0.2, 0.25) is 0 Å². The Labute approximate surface area is 160 Å². The van der Waals surface area contributed by atoms with Gasteiger partial charge >= 0.3 is 5.97 Å². The number of anilines is 2. The quantitative estimate of drug-likeness (QED) is 0.478. The molecule has 3 rings (SSSR count). The summed E-state index contributed by atoms with van der Waals surface area (Å²) in [5.74, 6) is -0.219. The lowest BCUT2D eigenvalue weighted by atomic mass is 9.98. The molecule has 0 atom stereocenters. The van der Waals surface area contributed by atoms with Gasteiger partial charge in [0.25, 0.3) is 0 Å². The monoisotopic (exact) mass is 360 g/mol. The second-order valence-electron chi connectivity index (χ2n) is 6.40. The maximum atomic E-state index is 11.3. The van der Waals surface area contributed by atoms with Crippen LogP contribution in [0.1, 0.15) is 29.2 Å². The van der Waals surface area contributed by atoms with Crippen LogP contribution < -0.4 is 11.1 Å². The van der Waals surface area contributed by atoms with Gasteiger partial charge in [-0.25, -0.2) is 0 Å². The lowest BCUT2D eigenvalue weighted by Gasteiger charge is -2.22. The first kappa shape index (κ1) is 18.5. The number of methoxy groups -OCH3 is 1. The topological polar surface area (TPSA) is 64.3 Å². The van der Waals surface area contributed by atoms with Crippen molar-refractivity contribution in [3.05, 3.63) is 95.6 Å². The van der Waals surface area contributed by atoms with Crippen molar-refractivity contribution < 1.29 is 9.53 Å². The van der Waals surface area contributed by atoms with Crippen molar-refractivity contribution in [2.24, 2.45) is 0 Å². The van der Waals surface area contributed by atoms with E-state index in [4.69, 9.17) is 10.5 Å². The van der Waals surface area contributed by atoms with Gasteiger partial charge in [-0.15, -0.1) is 0 Å². The molecule has 138 valence electrons. The Hall–Kier alpha value is -3.27. The smallest absolute Gasteiger partial charge is 0.305 e. The number of ether oxygens (including phenoxy) is 1. The van der Waals surface area contributed by atoms with E-state index in [9.17, 15) is 4.79 Å². The summed E-state index contributed by atoms with van der Waals surface area (Å²) >= 11 is 0. The molecule has 4 heteroatoms. The fourth-order valence-corrected chi connectivity index (χ4v) is 3.05. The third-order valence-corrected chi connectivity index (χ3v) is 4.53. The molecule has 3 aromatic carbocycles. The van der Waals surface area contributed by atoms with Crippen LogP contribution >= 0.6 is 0 Å². The van der Waals surface area contributed by atoms with Crippen molar-refractivity contribution in [3.8, 4) is 0 Å². The predicted molar refractivity (Wildman–Crippen MR) is 110 cm³/mol. The number of esters is 1. The molecular weight excluding hydrogens is 336 g/mol. The van der Waals surface area contributed by atoms with E-state index in [-0.39, 0.29) is 12.0 Å². The maximum absolute atomic E-state index is 11.3. The summed E-state index contributed by atoms with van der Waals surface area (Å²) < 4.78 is 4.69. The maximum Gasteiger partial charge on any atom is 0.305 e. The minimum Gasteiger partial charge on any atom is -0.469 e. The van der Waals surface area contributed by atoms with Gasteiger partial charge in [-0.3, -0.25) is 4.79 Å². The van der Waals surface area contributed by atoms with Gasteiger partial charge in [0.2, 0.25) is 0 Å². The molecule has 0 amide bonds. The van der Waals surface area contributed by atoms with E-state index in [0.29, 0.717) is 18.5 Å². The zero-order chi connectivity index (χ0) is 19.1. The molecule has 3 aromatic rings. The summed E-state index contributed by atoms with van der Waals surface area (Å²) in [6, 6.07) is 26.4. The highest BCUT2D eigenvalue weighted by Crippen LogP contribution is 2.30. The Morgan fingerprint density at radius 2 is 1.56 bits per heavy atom. The van der Waals surface area contributed by atoms with Crippen molar-refractivity contribution in [2.45, 2.75) is 18.9 Å². The Balaban J connectivity index is 1.83. The van der Waals surface area contributed by atoms with Gasteiger partial charge in [0.05, 0.1) is 24.5 Å². The van der Waals surface area contributed by atoms with Crippen LogP contribution in [0, 0.1) is 0 Å². The SMILES string of the molecule is COC(=O)CCc1ccc(NC(c2ccccc2)c2ccccc2)c(N)c1. The minimum atomic E-state index is -0.219. The van der Waals surface area contributed by atoms with E-state index < -0.39 is 0 Å². The lowest BCUT2D eigenvalue weighted by Crippen LogP contribution is -2.13. The number of nitrogens with one attached hydrogen (secondary N) is 1. The average molecular weight is 360 g/mol. The Bertz CT molecular complexity index is 840. The molecule has 3 N–H and O–H groups in total. The van der Waals surface area contributed by atoms with E-state index in [1.807, 2.05) is 54.6 Å². The molecule has 0 bridgehead atoms. The highest BCUT2D eigenvalue weighted by Gasteiger charge is 2.15. The molecule has 0 heterocycles. The van der Waals surface area contributed by atoms with Crippen molar-refractivity contribution in [2.75, 3.05) is 18.2 Å². The lowest BCUT2D eigenvalue weighted by molar-refractivity contribution is -0.140. The number of rotatable bonds is 7. The van der Waals surface area contributed by atoms with Gasteiger partial charge in [0.1, 0.15) is 0 Å². The third kappa shape index (κ3) is 4.88. The largest absolute Gasteiger partial charge is 0.469 e. The Morgan fingerprint density at radius 1 is 0.963 bits per heavy atom. The van der Waals surface area contributed by atoms with Crippen molar-refractivity contribution in [1.82, 2.24) is 0 Å². The second kappa shape index (κ2) is 8.90. The summed E-state index contributed by atoms with van der Waals surface area (Å²) in [4.78, 5) is 11.3. The van der Waals surface area contributed by atoms with Gasteiger partial charge in [-0.2, -0.15) is 0 Å². The molecule has 0 radical (unpaired) electrons. The van der Waals surface area contributed by atoms with Crippen molar-refractivity contribution in [3.63, 3.8) is 0 Å². The van der Waals surface area contributed by atoms with E-state index in [0.717, 1.165) is 22.4 Å². The number of benzene rings is 3. The van der Waals surface area contributed by atoms with E-state index >= 15 is 0 Å². The number of nitrogens with two attached hydrogens (primary N) is 1. The van der Waals surface area contributed by atoms with Crippen LogP contribution in [0.5, 0.6) is 0 Å². The second-order valence-corrected chi connectivity index (χ2v) is 6.40. The van der Waals surface area contributed by atoms with Crippen LogP contribution in [0.25, 0.3) is 0 Å². The Morgan fingerprint density at radius 3 is 2.07 bits per heavy atom. The van der Waals surface area contributed by atoms with Crippen molar-refractivity contribution >= 4 is 17.3 Å². The van der Waals surface area contributed by atoms with Gasteiger partial charge in [-0.1, -0.05) is 66.7 Å². The average Bonchev–Trinajstić information content (AvgIpc) is 2.72. The van der Waals surface area contributed by atoms with E-state index in [1.165, 1.54) is 7.11 Å². The van der Waals surface area contributed by atoms with E-state index in [2.05, 4.69) is 29.6 Å². The number of hydrogen-bond acceptors (Lipinski definition) is 4. The van der Waals surface area contributed by atoms with Gasteiger partial charge in [0.15, 0.2) is 0 Å². The fourth-order valence-electron chi connectivity index (χ4n) is 3.05. The first-order valence-corrected chi connectivity index (χ1v) is 8.99. The van der Waals surface area contributed by atoms with Gasteiger partial charge < -0.3 is 15.8 Å². The van der Waals surface area contributed by atoms with Gasteiger partial charge in [-0.05, 0) is 35.2 Å². The fraction of sp³-hybridized carbons (Fsp3) is 0.174. The number of hydrogen-bond donors (Lipinski definition) is 2. The summed E-state index contributed by atoms with van der Waals surface area (Å²) in [5, 5.41) is 3.57. The third-order valence-electron chi connectivity index (χ3n) is 4.53. The number of carbonyl (C=O) groups is 1. The molecule has 27 heavy (non-hydrogen) atoms. The number of aryl methyl sites for hydroxylation is 1. The van der Waals surface area contributed by atoms with Gasteiger partial charge in [0, 0.05) is 6.42 Å². The highest BCUT2D eigenvalue weighted by molar-refractivity contribution is 5.71. The molecule has 0 fully saturated rings. The van der Waals surface area contributed by atoms with Crippen LogP contribution in [0.3, 0.4) is 0 Å².